The van der Waals surface area contributed by atoms with Gasteiger partial charge in [0.25, 0.3) is 5.91 Å². The molecule has 1 atom stereocenters. The summed E-state index contributed by atoms with van der Waals surface area (Å²) >= 11 is 3.37. The number of amides is 1. The number of rotatable bonds is 5. The first-order chi connectivity index (χ1) is 9.45. The van der Waals surface area contributed by atoms with Crippen molar-refractivity contribution in [2.45, 2.75) is 6.10 Å². The molecule has 0 saturated heterocycles. The molecule has 1 aromatic heterocycles. The second kappa shape index (κ2) is 6.39. The smallest absolute Gasteiger partial charge is 0.287 e. The Labute approximate surface area is 125 Å². The largest absolute Gasteiger partial charge is 0.451 e. The Hall–Kier alpha value is -1.37. The van der Waals surface area contributed by atoms with Crippen molar-refractivity contribution in [1.82, 2.24) is 10.2 Å². The molecular formula is C14H17BrN2O3. The lowest BCUT2D eigenvalue weighted by Crippen LogP contribution is -2.37. The fraction of sp³-hybridized carbons (Fsp3) is 0.357. The van der Waals surface area contributed by atoms with Gasteiger partial charge in [0, 0.05) is 22.9 Å². The first-order valence-corrected chi connectivity index (χ1v) is 7.05. The lowest BCUT2D eigenvalue weighted by Gasteiger charge is -2.15. The summed E-state index contributed by atoms with van der Waals surface area (Å²) in [5.41, 5.74) is 0.659. The van der Waals surface area contributed by atoms with Gasteiger partial charge in [-0.15, -0.1) is 0 Å². The molecule has 0 aliphatic carbocycles. The van der Waals surface area contributed by atoms with Crippen LogP contribution in [0.3, 0.4) is 0 Å². The van der Waals surface area contributed by atoms with Gasteiger partial charge in [-0.25, -0.2) is 0 Å². The van der Waals surface area contributed by atoms with Gasteiger partial charge in [0.05, 0.1) is 6.10 Å². The van der Waals surface area contributed by atoms with Crippen molar-refractivity contribution in [3.8, 4) is 0 Å². The Kier molecular flexibility index (Phi) is 4.80. The molecule has 5 nitrogen and oxygen atoms in total. The van der Waals surface area contributed by atoms with Crippen LogP contribution in [0.15, 0.2) is 33.2 Å². The number of carbonyl (C=O) groups excluding carboxylic acids is 1. The summed E-state index contributed by atoms with van der Waals surface area (Å²) in [6.45, 7) is 0.686. The number of benzene rings is 1. The van der Waals surface area contributed by atoms with Crippen molar-refractivity contribution in [3.63, 3.8) is 0 Å². The van der Waals surface area contributed by atoms with Crippen LogP contribution in [0, 0.1) is 0 Å². The molecule has 20 heavy (non-hydrogen) atoms. The van der Waals surface area contributed by atoms with Gasteiger partial charge in [0.1, 0.15) is 5.58 Å². The lowest BCUT2D eigenvalue weighted by molar-refractivity contribution is 0.0868. The number of halogens is 1. The van der Waals surface area contributed by atoms with Crippen LogP contribution in [0.1, 0.15) is 10.6 Å². The maximum atomic E-state index is 11.9. The van der Waals surface area contributed by atoms with E-state index in [4.69, 9.17) is 4.42 Å². The number of nitrogens with zero attached hydrogens (tertiary/aromatic N) is 1. The van der Waals surface area contributed by atoms with Gasteiger partial charge in [-0.05, 0) is 38.4 Å². The summed E-state index contributed by atoms with van der Waals surface area (Å²) in [5, 5.41) is 13.2. The van der Waals surface area contributed by atoms with Crippen LogP contribution in [-0.2, 0) is 0 Å². The molecule has 0 radical (unpaired) electrons. The number of aliphatic hydroxyl groups excluding tert-OH is 1. The molecule has 0 spiro atoms. The predicted molar refractivity (Wildman–Crippen MR) is 80.8 cm³/mol. The van der Waals surface area contributed by atoms with E-state index in [1.165, 1.54) is 0 Å². The van der Waals surface area contributed by atoms with Gasteiger partial charge in [-0.2, -0.15) is 0 Å². The minimum atomic E-state index is -0.604. The first-order valence-electron chi connectivity index (χ1n) is 6.26. The fourth-order valence-corrected chi connectivity index (χ4v) is 2.29. The minimum Gasteiger partial charge on any atom is -0.451 e. The van der Waals surface area contributed by atoms with Crippen molar-refractivity contribution in [1.29, 1.82) is 0 Å². The maximum Gasteiger partial charge on any atom is 0.287 e. The van der Waals surface area contributed by atoms with Gasteiger partial charge in [0.15, 0.2) is 5.76 Å². The zero-order valence-corrected chi connectivity index (χ0v) is 13.0. The van der Waals surface area contributed by atoms with E-state index in [1.807, 2.05) is 31.1 Å². The van der Waals surface area contributed by atoms with E-state index in [9.17, 15) is 9.90 Å². The Morgan fingerprint density at radius 2 is 2.20 bits per heavy atom. The average Bonchev–Trinajstić information content (AvgIpc) is 2.78. The number of hydrogen-bond acceptors (Lipinski definition) is 4. The standard InChI is InChI=1S/C14H17BrN2O3/c1-17(2)8-11(18)7-16-14(19)13-6-9-5-10(15)3-4-12(9)20-13/h3-6,11,18H,7-8H2,1-2H3,(H,16,19). The number of furan rings is 1. The third kappa shape index (κ3) is 3.82. The molecule has 1 unspecified atom stereocenters. The molecule has 0 aliphatic heterocycles. The third-order valence-corrected chi connectivity index (χ3v) is 3.27. The lowest BCUT2D eigenvalue weighted by atomic mass is 10.2. The van der Waals surface area contributed by atoms with E-state index >= 15 is 0 Å². The molecular weight excluding hydrogens is 324 g/mol. The number of fused-ring (bicyclic) bond motifs is 1. The van der Waals surface area contributed by atoms with Gasteiger partial charge in [-0.3, -0.25) is 4.79 Å². The minimum absolute atomic E-state index is 0.192. The highest BCUT2D eigenvalue weighted by Gasteiger charge is 2.14. The van der Waals surface area contributed by atoms with Crippen LogP contribution in [-0.4, -0.2) is 49.2 Å². The molecule has 0 fully saturated rings. The zero-order chi connectivity index (χ0) is 14.7. The van der Waals surface area contributed by atoms with Crippen LogP contribution in [0.4, 0.5) is 0 Å². The second-order valence-corrected chi connectivity index (χ2v) is 5.83. The van der Waals surface area contributed by atoms with Crippen molar-refractivity contribution < 1.29 is 14.3 Å². The summed E-state index contributed by atoms with van der Waals surface area (Å²) in [7, 11) is 3.73. The number of carbonyl (C=O) groups is 1. The van der Waals surface area contributed by atoms with Crippen LogP contribution >= 0.6 is 15.9 Å². The normalized spacial score (nSPS) is 12.8. The van der Waals surface area contributed by atoms with E-state index < -0.39 is 6.10 Å². The van der Waals surface area contributed by atoms with Gasteiger partial charge in [0.2, 0.25) is 0 Å². The van der Waals surface area contributed by atoms with E-state index in [-0.39, 0.29) is 18.2 Å². The number of hydrogen-bond donors (Lipinski definition) is 2. The van der Waals surface area contributed by atoms with Crippen LogP contribution in [0.25, 0.3) is 11.0 Å². The molecule has 1 heterocycles. The quantitative estimate of drug-likeness (QED) is 0.871. The Morgan fingerprint density at radius 1 is 1.45 bits per heavy atom. The number of likely N-dealkylation sites (N-methyl/N-ethyl adjacent to an activating group) is 1. The van der Waals surface area contributed by atoms with E-state index in [0.717, 1.165) is 9.86 Å². The molecule has 0 bridgehead atoms. The summed E-state index contributed by atoms with van der Waals surface area (Å²) in [4.78, 5) is 13.8. The Bertz CT molecular complexity index is 609. The van der Waals surface area contributed by atoms with Gasteiger partial charge < -0.3 is 19.7 Å². The summed E-state index contributed by atoms with van der Waals surface area (Å²) in [5.74, 6) is -0.0784. The highest BCUT2D eigenvalue weighted by atomic mass is 79.9. The first kappa shape index (κ1) is 15.0. The average molecular weight is 341 g/mol. The number of aliphatic hydroxyl groups is 1. The van der Waals surface area contributed by atoms with Crippen LogP contribution in [0.5, 0.6) is 0 Å². The Morgan fingerprint density at radius 3 is 2.90 bits per heavy atom. The topological polar surface area (TPSA) is 65.7 Å². The molecule has 1 aromatic carbocycles. The van der Waals surface area contributed by atoms with Crippen molar-refractivity contribution in [3.05, 3.63) is 34.5 Å². The molecule has 6 heteroatoms. The predicted octanol–water partition coefficient (Wildman–Crippen LogP) is 1.85. The maximum absolute atomic E-state index is 11.9. The summed E-state index contributed by atoms with van der Waals surface area (Å²) in [6.07, 6.45) is -0.604. The third-order valence-electron chi connectivity index (χ3n) is 2.78. The second-order valence-electron chi connectivity index (χ2n) is 4.92. The van der Waals surface area contributed by atoms with Gasteiger partial charge in [-0.1, -0.05) is 15.9 Å². The van der Waals surface area contributed by atoms with Crippen molar-refractivity contribution in [2.75, 3.05) is 27.2 Å². The molecule has 2 rings (SSSR count). The fourth-order valence-electron chi connectivity index (χ4n) is 1.91. The van der Waals surface area contributed by atoms with Crippen LogP contribution < -0.4 is 5.32 Å². The molecule has 2 aromatic rings. The molecule has 1 amide bonds. The molecule has 2 N–H and O–H groups in total. The van der Waals surface area contributed by atoms with E-state index in [2.05, 4.69) is 21.2 Å². The van der Waals surface area contributed by atoms with Crippen LogP contribution in [0.2, 0.25) is 0 Å². The van der Waals surface area contributed by atoms with Crippen molar-refractivity contribution >= 4 is 32.8 Å². The zero-order valence-electron chi connectivity index (χ0n) is 11.4. The summed E-state index contributed by atoms with van der Waals surface area (Å²) in [6, 6.07) is 7.23. The molecule has 0 saturated carbocycles. The molecule has 0 aliphatic rings. The van der Waals surface area contributed by atoms with E-state index in [1.54, 1.807) is 12.1 Å². The Balaban J connectivity index is 2.00. The highest BCUT2D eigenvalue weighted by molar-refractivity contribution is 9.10. The van der Waals surface area contributed by atoms with Gasteiger partial charge >= 0.3 is 0 Å². The van der Waals surface area contributed by atoms with Crippen molar-refractivity contribution in [2.24, 2.45) is 0 Å². The summed E-state index contributed by atoms with van der Waals surface area (Å²) < 4.78 is 6.40. The number of nitrogens with one attached hydrogen (secondary N) is 1. The van der Waals surface area contributed by atoms with E-state index in [0.29, 0.717) is 12.1 Å². The molecule has 108 valence electrons. The monoisotopic (exact) mass is 340 g/mol. The SMILES string of the molecule is CN(C)CC(O)CNC(=O)c1cc2cc(Br)ccc2o1. The highest BCUT2D eigenvalue weighted by Crippen LogP contribution is 2.23.